The molecule has 2 aromatic rings. The number of nitrogens with zero attached hydrogens (tertiary/aromatic N) is 2. The molecule has 3 rings (SSSR count). The Morgan fingerprint density at radius 2 is 1.68 bits per heavy atom. The second-order valence-corrected chi connectivity index (χ2v) is 6.17. The van der Waals surface area contributed by atoms with Crippen LogP contribution in [-0.4, -0.2) is 31.1 Å². The zero-order valence-corrected chi connectivity index (χ0v) is 13.4. The van der Waals surface area contributed by atoms with Gasteiger partial charge in [0.1, 0.15) is 5.82 Å². The van der Waals surface area contributed by atoms with Crippen LogP contribution in [0.5, 0.6) is 0 Å². The summed E-state index contributed by atoms with van der Waals surface area (Å²) in [6, 6.07) is 15.1. The van der Waals surface area contributed by atoms with E-state index in [1.165, 1.54) is 17.8 Å². The van der Waals surface area contributed by atoms with E-state index in [0.29, 0.717) is 6.04 Å². The van der Waals surface area contributed by atoms with Gasteiger partial charge in [-0.1, -0.05) is 29.8 Å². The summed E-state index contributed by atoms with van der Waals surface area (Å²) >= 11 is 6.07. The van der Waals surface area contributed by atoms with Crippen molar-refractivity contribution in [1.29, 1.82) is 0 Å². The maximum Gasteiger partial charge on any atom is 0.123 e. The summed E-state index contributed by atoms with van der Waals surface area (Å²) in [5, 5.41) is 0.777. The quantitative estimate of drug-likeness (QED) is 0.829. The van der Waals surface area contributed by atoms with Gasteiger partial charge in [-0.25, -0.2) is 4.39 Å². The highest BCUT2D eigenvalue weighted by molar-refractivity contribution is 6.30. The van der Waals surface area contributed by atoms with Crippen LogP contribution in [-0.2, 0) is 0 Å². The monoisotopic (exact) mass is 318 g/mol. The van der Waals surface area contributed by atoms with Gasteiger partial charge in [0.15, 0.2) is 0 Å². The Labute approximate surface area is 136 Å². The van der Waals surface area contributed by atoms with E-state index in [-0.39, 0.29) is 5.82 Å². The molecule has 1 unspecified atom stereocenters. The molecule has 22 heavy (non-hydrogen) atoms. The summed E-state index contributed by atoms with van der Waals surface area (Å²) in [6.45, 7) is 6.12. The predicted octanol–water partition coefficient (Wildman–Crippen LogP) is 4.36. The predicted molar refractivity (Wildman–Crippen MR) is 90.1 cm³/mol. The average molecular weight is 319 g/mol. The Morgan fingerprint density at radius 1 is 1.00 bits per heavy atom. The highest BCUT2D eigenvalue weighted by Crippen LogP contribution is 2.25. The zero-order chi connectivity index (χ0) is 15.5. The van der Waals surface area contributed by atoms with Crippen LogP contribution >= 0.6 is 11.6 Å². The molecule has 0 saturated carbocycles. The minimum Gasteiger partial charge on any atom is -0.369 e. The Morgan fingerprint density at radius 3 is 2.32 bits per heavy atom. The van der Waals surface area contributed by atoms with E-state index in [1.54, 1.807) is 0 Å². The molecule has 1 atom stereocenters. The van der Waals surface area contributed by atoms with Crippen LogP contribution in [0.4, 0.5) is 10.1 Å². The summed E-state index contributed by atoms with van der Waals surface area (Å²) in [5.41, 5.74) is 2.35. The SMILES string of the molecule is CC(c1ccc(F)cc1)N1CCN(c2cccc(Cl)c2)CC1. The minimum absolute atomic E-state index is 0.179. The van der Waals surface area contributed by atoms with Crippen LogP contribution in [0.15, 0.2) is 48.5 Å². The van der Waals surface area contributed by atoms with Gasteiger partial charge in [-0.3, -0.25) is 4.90 Å². The molecule has 0 bridgehead atoms. The fourth-order valence-electron chi connectivity index (χ4n) is 2.99. The topological polar surface area (TPSA) is 6.48 Å². The Bertz CT molecular complexity index is 621. The molecule has 0 amide bonds. The molecule has 0 N–H and O–H groups in total. The average Bonchev–Trinajstić information content (AvgIpc) is 2.55. The highest BCUT2D eigenvalue weighted by Gasteiger charge is 2.22. The van der Waals surface area contributed by atoms with Gasteiger partial charge in [0.25, 0.3) is 0 Å². The van der Waals surface area contributed by atoms with E-state index in [2.05, 4.69) is 22.8 Å². The second kappa shape index (κ2) is 6.67. The first kappa shape index (κ1) is 15.3. The molecule has 0 aliphatic carbocycles. The Kier molecular flexibility index (Phi) is 4.65. The molecule has 1 aliphatic rings. The molecule has 1 aliphatic heterocycles. The summed E-state index contributed by atoms with van der Waals surface area (Å²) in [4.78, 5) is 4.80. The van der Waals surface area contributed by atoms with Crippen LogP contribution < -0.4 is 4.90 Å². The van der Waals surface area contributed by atoms with E-state index in [9.17, 15) is 4.39 Å². The molecule has 4 heteroatoms. The third-order valence-electron chi connectivity index (χ3n) is 4.39. The van der Waals surface area contributed by atoms with Crippen LogP contribution in [0.25, 0.3) is 0 Å². The summed E-state index contributed by atoms with van der Waals surface area (Å²) in [7, 11) is 0. The van der Waals surface area contributed by atoms with Gasteiger partial charge < -0.3 is 4.90 Å². The zero-order valence-electron chi connectivity index (χ0n) is 12.7. The molecule has 1 saturated heterocycles. The molecule has 0 spiro atoms. The van der Waals surface area contributed by atoms with Gasteiger partial charge in [0.2, 0.25) is 0 Å². The highest BCUT2D eigenvalue weighted by atomic mass is 35.5. The minimum atomic E-state index is -0.179. The molecule has 0 radical (unpaired) electrons. The lowest BCUT2D eigenvalue weighted by molar-refractivity contribution is 0.198. The van der Waals surface area contributed by atoms with Crippen molar-refractivity contribution in [3.63, 3.8) is 0 Å². The summed E-state index contributed by atoms with van der Waals surface area (Å²) < 4.78 is 13.0. The van der Waals surface area contributed by atoms with Crippen molar-refractivity contribution in [3.8, 4) is 0 Å². The molecule has 2 aromatic carbocycles. The van der Waals surface area contributed by atoms with Gasteiger partial charge in [-0.15, -0.1) is 0 Å². The van der Waals surface area contributed by atoms with Crippen LogP contribution in [0.1, 0.15) is 18.5 Å². The van der Waals surface area contributed by atoms with Crippen molar-refractivity contribution in [2.45, 2.75) is 13.0 Å². The van der Waals surface area contributed by atoms with Crippen molar-refractivity contribution in [3.05, 3.63) is 64.9 Å². The number of benzene rings is 2. The first-order valence-electron chi connectivity index (χ1n) is 7.63. The third kappa shape index (κ3) is 3.42. The van der Waals surface area contributed by atoms with Crippen LogP contribution in [0.2, 0.25) is 5.02 Å². The smallest absolute Gasteiger partial charge is 0.123 e. The first-order valence-corrected chi connectivity index (χ1v) is 8.01. The van der Waals surface area contributed by atoms with Crippen molar-refractivity contribution < 1.29 is 4.39 Å². The van der Waals surface area contributed by atoms with Gasteiger partial charge in [-0.05, 0) is 42.8 Å². The van der Waals surface area contributed by atoms with Crippen molar-refractivity contribution in [2.24, 2.45) is 0 Å². The van der Waals surface area contributed by atoms with Crippen LogP contribution in [0.3, 0.4) is 0 Å². The lowest BCUT2D eigenvalue weighted by atomic mass is 10.1. The first-order chi connectivity index (χ1) is 10.6. The van der Waals surface area contributed by atoms with E-state index < -0.39 is 0 Å². The Hall–Kier alpha value is -1.58. The number of hydrogen-bond donors (Lipinski definition) is 0. The van der Waals surface area contributed by atoms with Gasteiger partial charge >= 0.3 is 0 Å². The number of hydrogen-bond acceptors (Lipinski definition) is 2. The van der Waals surface area contributed by atoms with Gasteiger partial charge in [0.05, 0.1) is 0 Å². The third-order valence-corrected chi connectivity index (χ3v) is 4.62. The fourth-order valence-corrected chi connectivity index (χ4v) is 3.18. The van der Waals surface area contributed by atoms with Gasteiger partial charge in [-0.2, -0.15) is 0 Å². The number of rotatable bonds is 3. The number of anilines is 1. The lowest BCUT2D eigenvalue weighted by Crippen LogP contribution is -2.47. The molecule has 116 valence electrons. The molecular weight excluding hydrogens is 299 g/mol. The largest absolute Gasteiger partial charge is 0.369 e. The van der Waals surface area contributed by atoms with Crippen molar-refractivity contribution in [1.82, 2.24) is 4.90 Å². The normalized spacial score (nSPS) is 17.5. The fraction of sp³-hybridized carbons (Fsp3) is 0.333. The van der Waals surface area contributed by atoms with E-state index in [1.807, 2.05) is 30.3 Å². The van der Waals surface area contributed by atoms with Gasteiger partial charge in [0, 0.05) is 42.9 Å². The molecule has 2 nitrogen and oxygen atoms in total. The molecule has 1 fully saturated rings. The van der Waals surface area contributed by atoms with Crippen molar-refractivity contribution >= 4 is 17.3 Å². The van der Waals surface area contributed by atoms with E-state index in [0.717, 1.165) is 36.8 Å². The molecule has 0 aromatic heterocycles. The maximum atomic E-state index is 13.0. The van der Waals surface area contributed by atoms with Crippen LogP contribution in [0, 0.1) is 5.82 Å². The lowest BCUT2D eigenvalue weighted by Gasteiger charge is -2.39. The maximum absolute atomic E-state index is 13.0. The summed E-state index contributed by atoms with van der Waals surface area (Å²) in [6.07, 6.45) is 0. The standard InChI is InChI=1S/C18H20ClFN2/c1-14(15-5-7-17(20)8-6-15)21-9-11-22(12-10-21)18-4-2-3-16(19)13-18/h2-8,13-14H,9-12H2,1H3. The summed E-state index contributed by atoms with van der Waals surface area (Å²) in [5.74, 6) is -0.179. The molecule has 1 heterocycles. The molecular formula is C18H20ClFN2. The second-order valence-electron chi connectivity index (χ2n) is 5.73. The van der Waals surface area contributed by atoms with E-state index in [4.69, 9.17) is 11.6 Å². The van der Waals surface area contributed by atoms with E-state index >= 15 is 0 Å². The number of piperazine rings is 1. The van der Waals surface area contributed by atoms with Crippen molar-refractivity contribution in [2.75, 3.05) is 31.1 Å². The number of halogens is 2. The Balaban J connectivity index is 1.62.